The zero-order valence-corrected chi connectivity index (χ0v) is 8.17. The lowest BCUT2D eigenvalue weighted by molar-refractivity contribution is -0.138. The molecule has 1 radical (unpaired) electrons. The highest BCUT2D eigenvalue weighted by molar-refractivity contribution is 7.78. The van der Waals surface area contributed by atoms with Crippen LogP contribution < -0.4 is 5.73 Å². The van der Waals surface area contributed by atoms with Gasteiger partial charge < -0.3 is 15.8 Å². The maximum Gasteiger partial charge on any atom is 0.320 e. The van der Waals surface area contributed by atoms with Crippen LogP contribution in [-0.4, -0.2) is 32.5 Å². The maximum absolute atomic E-state index is 10.4. The van der Waals surface area contributed by atoms with Crippen molar-refractivity contribution >= 4 is 23.6 Å². The summed E-state index contributed by atoms with van der Waals surface area (Å²) in [5.74, 6) is -0.352. The van der Waals surface area contributed by atoms with Gasteiger partial charge in [0.1, 0.15) is 11.9 Å². The van der Waals surface area contributed by atoms with Gasteiger partial charge in [0.15, 0.2) is 0 Å². The molecule has 1 unspecified atom stereocenters. The molecule has 0 aliphatic carbocycles. The fourth-order valence-electron chi connectivity index (χ4n) is 0.992. The second kappa shape index (κ2) is 4.83. The molecule has 4 N–H and O–H groups in total. The number of nitrogens with one attached hydrogen (secondary N) is 1. The highest BCUT2D eigenvalue weighted by atomic mass is 32.1. The summed E-state index contributed by atoms with van der Waals surface area (Å²) in [6.07, 6.45) is 2.24. The Morgan fingerprint density at radius 3 is 3.14 bits per heavy atom. The molecule has 0 amide bonds. The topological polar surface area (TPSA) is 92.0 Å². The van der Waals surface area contributed by atoms with Gasteiger partial charge >= 0.3 is 5.97 Å². The minimum atomic E-state index is -1.03. The van der Waals surface area contributed by atoms with Crippen molar-refractivity contribution in [1.82, 2.24) is 9.97 Å². The lowest BCUT2D eigenvalue weighted by atomic mass is 10.2. The van der Waals surface area contributed by atoms with Crippen LogP contribution in [0.5, 0.6) is 0 Å². The third-order valence-electron chi connectivity index (χ3n) is 1.68. The predicted molar refractivity (Wildman–Crippen MR) is 54.2 cm³/mol. The van der Waals surface area contributed by atoms with Crippen molar-refractivity contribution in [1.29, 1.82) is 0 Å². The maximum atomic E-state index is 10.4. The number of carbonyl (C=O) groups is 1. The monoisotopic (exact) mass is 212 g/mol. The molecular formula is C8H10N3O2S. The van der Waals surface area contributed by atoms with Crippen LogP contribution in [0.2, 0.25) is 0 Å². The van der Waals surface area contributed by atoms with Crippen molar-refractivity contribution in [2.24, 2.45) is 5.73 Å². The molecule has 1 atom stereocenters. The molecule has 1 aromatic rings. The zero-order chi connectivity index (χ0) is 10.6. The van der Waals surface area contributed by atoms with Gasteiger partial charge in [-0.1, -0.05) is 12.2 Å². The summed E-state index contributed by atoms with van der Waals surface area (Å²) in [7, 11) is 0. The molecule has 1 aromatic heterocycles. The molecule has 0 aromatic carbocycles. The summed E-state index contributed by atoms with van der Waals surface area (Å²) in [6.45, 7) is 0. The second-order valence-corrected chi connectivity index (χ2v) is 3.11. The number of nitrogens with zero attached hydrogens (tertiary/aromatic N) is 1. The van der Waals surface area contributed by atoms with Gasteiger partial charge in [0.25, 0.3) is 0 Å². The third kappa shape index (κ3) is 2.90. The molecule has 0 saturated heterocycles. The van der Waals surface area contributed by atoms with Gasteiger partial charge in [0.2, 0.25) is 0 Å². The molecule has 0 spiro atoms. The van der Waals surface area contributed by atoms with Crippen LogP contribution in [0.4, 0.5) is 0 Å². The highest BCUT2D eigenvalue weighted by Crippen LogP contribution is 2.00. The van der Waals surface area contributed by atoms with Crippen LogP contribution in [-0.2, 0) is 17.6 Å². The Morgan fingerprint density at radius 2 is 2.57 bits per heavy atom. The molecule has 5 nitrogen and oxygen atoms in total. The van der Waals surface area contributed by atoms with Crippen molar-refractivity contribution in [3.8, 4) is 0 Å². The standard InChI is InChI=1S/C8H10N3O2S/c9-6(8(12)13)3-5-4-10-7(11-5)1-2-14/h4,6H,1,3,9H2,(H,10,11)(H,12,13). The van der Waals surface area contributed by atoms with Crippen molar-refractivity contribution < 1.29 is 9.90 Å². The van der Waals surface area contributed by atoms with Crippen LogP contribution in [0.3, 0.4) is 0 Å². The molecule has 0 bridgehead atoms. The molecule has 75 valence electrons. The van der Waals surface area contributed by atoms with Crippen molar-refractivity contribution in [2.45, 2.75) is 18.9 Å². The number of rotatable bonds is 5. The zero-order valence-electron chi connectivity index (χ0n) is 7.36. The Hall–Kier alpha value is -1.27. The molecule has 0 aliphatic heterocycles. The number of carboxylic acid groups (broad SMARTS) is 1. The Kier molecular flexibility index (Phi) is 3.73. The van der Waals surface area contributed by atoms with Crippen LogP contribution in [0.15, 0.2) is 6.20 Å². The minimum Gasteiger partial charge on any atom is -0.480 e. The van der Waals surface area contributed by atoms with Gasteiger partial charge in [0.05, 0.1) is 0 Å². The number of nitrogens with two attached hydrogens (primary N) is 1. The van der Waals surface area contributed by atoms with E-state index in [0.29, 0.717) is 17.9 Å². The van der Waals surface area contributed by atoms with E-state index >= 15 is 0 Å². The van der Waals surface area contributed by atoms with Crippen LogP contribution in [0.1, 0.15) is 11.5 Å². The number of thiocarbonyl (C=S) groups is 1. The SMILES string of the molecule is NC(Cc1cnc(C[C]=S)[nH]1)C(=O)O. The molecule has 1 rings (SSSR count). The average molecular weight is 212 g/mol. The second-order valence-electron chi connectivity index (χ2n) is 2.83. The molecule has 1 heterocycles. The number of carboxylic acids is 1. The third-order valence-corrected chi connectivity index (χ3v) is 1.82. The summed E-state index contributed by atoms with van der Waals surface area (Å²) in [6, 6.07) is -0.903. The quantitative estimate of drug-likeness (QED) is 0.587. The predicted octanol–water partition coefficient (Wildman–Crippen LogP) is -0.217. The van der Waals surface area contributed by atoms with Crippen LogP contribution >= 0.6 is 12.2 Å². The van der Waals surface area contributed by atoms with E-state index in [4.69, 9.17) is 10.8 Å². The van der Waals surface area contributed by atoms with Crippen LogP contribution in [0, 0.1) is 0 Å². The van der Waals surface area contributed by atoms with E-state index in [2.05, 4.69) is 27.6 Å². The van der Waals surface area contributed by atoms with Crippen LogP contribution in [0.25, 0.3) is 0 Å². The fraction of sp³-hybridized carbons (Fsp3) is 0.375. The van der Waals surface area contributed by atoms with E-state index in [0.717, 1.165) is 0 Å². The van der Waals surface area contributed by atoms with Crippen molar-refractivity contribution in [2.75, 3.05) is 0 Å². The van der Waals surface area contributed by atoms with Gasteiger partial charge in [-0.3, -0.25) is 4.79 Å². The first-order chi connectivity index (χ1) is 6.63. The average Bonchev–Trinajstić information content (AvgIpc) is 2.53. The lowest BCUT2D eigenvalue weighted by Gasteiger charge is -2.02. The summed E-state index contributed by atoms with van der Waals surface area (Å²) in [4.78, 5) is 17.3. The van der Waals surface area contributed by atoms with E-state index in [1.807, 2.05) is 0 Å². The molecule has 0 fully saturated rings. The van der Waals surface area contributed by atoms with Gasteiger partial charge in [-0.05, 0) is 0 Å². The number of aliphatic carboxylic acids is 1. The van der Waals surface area contributed by atoms with Crippen molar-refractivity contribution in [3.05, 3.63) is 17.7 Å². The first-order valence-electron chi connectivity index (χ1n) is 3.99. The van der Waals surface area contributed by atoms with Gasteiger partial charge in [-0.25, -0.2) is 4.98 Å². The normalized spacial score (nSPS) is 12.4. The summed E-state index contributed by atoms with van der Waals surface area (Å²) in [5.41, 5.74) is 6.04. The summed E-state index contributed by atoms with van der Waals surface area (Å²) in [5, 5.41) is 11.1. The first-order valence-corrected chi connectivity index (χ1v) is 4.40. The molecule has 0 saturated carbocycles. The number of hydrogen-bond acceptors (Lipinski definition) is 4. The number of aromatic nitrogens is 2. The molecule has 0 aliphatic rings. The molecule has 6 heteroatoms. The number of imidazole rings is 1. The number of aromatic amines is 1. The van der Waals surface area contributed by atoms with E-state index in [9.17, 15) is 4.79 Å². The summed E-state index contributed by atoms with van der Waals surface area (Å²) < 4.78 is 0. The minimum absolute atomic E-state index is 0.236. The van der Waals surface area contributed by atoms with E-state index in [1.54, 1.807) is 6.20 Å². The first kappa shape index (κ1) is 10.8. The summed E-state index contributed by atoms with van der Waals surface area (Å²) >= 11 is 4.54. The Labute approximate surface area is 86.3 Å². The highest BCUT2D eigenvalue weighted by Gasteiger charge is 2.13. The fourth-order valence-corrected chi connectivity index (χ4v) is 1.13. The van der Waals surface area contributed by atoms with E-state index < -0.39 is 12.0 Å². The van der Waals surface area contributed by atoms with E-state index in [-0.39, 0.29) is 6.42 Å². The van der Waals surface area contributed by atoms with Gasteiger partial charge in [0, 0.05) is 30.1 Å². The van der Waals surface area contributed by atoms with Gasteiger partial charge in [-0.15, -0.1) is 0 Å². The Bertz CT molecular complexity index is 337. The Morgan fingerprint density at radius 1 is 1.86 bits per heavy atom. The van der Waals surface area contributed by atoms with Crippen molar-refractivity contribution in [3.63, 3.8) is 0 Å². The Balaban J connectivity index is 2.59. The lowest BCUT2D eigenvalue weighted by Crippen LogP contribution is -2.32. The smallest absolute Gasteiger partial charge is 0.320 e. The molecular weight excluding hydrogens is 202 g/mol. The largest absolute Gasteiger partial charge is 0.480 e. The van der Waals surface area contributed by atoms with E-state index in [1.165, 1.54) is 0 Å². The molecule has 14 heavy (non-hydrogen) atoms. The number of H-pyrrole nitrogens is 1. The number of hydrogen-bond donors (Lipinski definition) is 3. The van der Waals surface area contributed by atoms with Gasteiger partial charge in [-0.2, -0.15) is 0 Å².